The second-order valence-electron chi connectivity index (χ2n) is 7.77. The van der Waals surface area contributed by atoms with Crippen LogP contribution in [0.3, 0.4) is 0 Å². The molecule has 0 bridgehead atoms. The highest BCUT2D eigenvalue weighted by molar-refractivity contribution is 7.22. The average molecular weight is 466 g/mol. The molecule has 0 radical (unpaired) electrons. The van der Waals surface area contributed by atoms with Crippen molar-refractivity contribution >= 4 is 50.4 Å². The van der Waals surface area contributed by atoms with Crippen LogP contribution in [0.5, 0.6) is 0 Å². The molecule has 0 saturated carbocycles. The third kappa shape index (κ3) is 4.11. The molecule has 3 aromatic rings. The van der Waals surface area contributed by atoms with E-state index in [1.165, 1.54) is 11.3 Å². The lowest BCUT2D eigenvalue weighted by atomic mass is 9.96. The highest BCUT2D eigenvalue weighted by Crippen LogP contribution is 2.31. The van der Waals surface area contributed by atoms with Crippen molar-refractivity contribution in [3.05, 3.63) is 59.2 Å². The summed E-state index contributed by atoms with van der Waals surface area (Å²) in [6.45, 7) is 5.74. The number of anilines is 1. The molecule has 1 aliphatic heterocycles. The van der Waals surface area contributed by atoms with E-state index in [0.717, 1.165) is 4.90 Å². The van der Waals surface area contributed by atoms with Gasteiger partial charge in [0.2, 0.25) is 5.91 Å². The van der Waals surface area contributed by atoms with Gasteiger partial charge < -0.3 is 10.1 Å². The van der Waals surface area contributed by atoms with E-state index in [-0.39, 0.29) is 12.5 Å². The molecule has 0 saturated heterocycles. The molecule has 33 heavy (non-hydrogen) atoms. The van der Waals surface area contributed by atoms with Crippen LogP contribution in [0.25, 0.3) is 10.2 Å². The molecule has 0 spiro atoms. The van der Waals surface area contributed by atoms with E-state index >= 15 is 0 Å². The Morgan fingerprint density at radius 2 is 1.76 bits per heavy atom. The molecule has 2 aromatic carbocycles. The molecule has 0 fully saturated rings. The minimum atomic E-state index is -0.982. The summed E-state index contributed by atoms with van der Waals surface area (Å²) in [5.74, 6) is -2.12. The van der Waals surface area contributed by atoms with Crippen molar-refractivity contribution in [2.75, 3.05) is 11.9 Å². The highest BCUT2D eigenvalue weighted by Gasteiger charge is 2.44. The Balaban J connectivity index is 1.61. The van der Waals surface area contributed by atoms with Crippen LogP contribution in [0.1, 0.15) is 58.3 Å². The van der Waals surface area contributed by atoms with Crippen LogP contribution < -0.4 is 5.32 Å². The quantitative estimate of drug-likeness (QED) is 0.416. The topological polar surface area (TPSA) is 106 Å². The Morgan fingerprint density at radius 1 is 1.09 bits per heavy atom. The molecule has 170 valence electrons. The first kappa shape index (κ1) is 22.6. The minimum absolute atomic E-state index is 0.267. The van der Waals surface area contributed by atoms with Crippen LogP contribution >= 0.6 is 11.3 Å². The largest absolute Gasteiger partial charge is 0.462 e. The van der Waals surface area contributed by atoms with Gasteiger partial charge in [-0.3, -0.25) is 19.3 Å². The number of nitrogens with zero attached hydrogens (tertiary/aromatic N) is 2. The van der Waals surface area contributed by atoms with Gasteiger partial charge in [0.05, 0.1) is 33.5 Å². The van der Waals surface area contributed by atoms with Crippen molar-refractivity contribution in [2.45, 2.75) is 33.2 Å². The van der Waals surface area contributed by atoms with Crippen LogP contribution in [-0.4, -0.2) is 46.2 Å². The molecular formula is C24H23N3O5S. The number of nitrogens with one attached hydrogen (secondary N) is 1. The number of hydrogen-bond acceptors (Lipinski definition) is 7. The molecule has 2 atom stereocenters. The van der Waals surface area contributed by atoms with Gasteiger partial charge in [-0.05, 0) is 43.2 Å². The number of thiazole rings is 1. The number of rotatable bonds is 7. The Bertz CT molecular complexity index is 1230. The van der Waals surface area contributed by atoms with Gasteiger partial charge in [0, 0.05) is 0 Å². The molecule has 8 nitrogen and oxygen atoms in total. The summed E-state index contributed by atoms with van der Waals surface area (Å²) in [4.78, 5) is 56.8. The van der Waals surface area contributed by atoms with Crippen LogP contribution in [0.4, 0.5) is 5.13 Å². The fourth-order valence-corrected chi connectivity index (χ4v) is 4.72. The van der Waals surface area contributed by atoms with Gasteiger partial charge in [-0.15, -0.1) is 0 Å². The lowest BCUT2D eigenvalue weighted by Crippen LogP contribution is -2.50. The first-order valence-electron chi connectivity index (χ1n) is 10.7. The Labute approximate surface area is 194 Å². The number of imide groups is 1. The zero-order valence-electron chi connectivity index (χ0n) is 18.5. The molecule has 9 heteroatoms. The van der Waals surface area contributed by atoms with Crippen LogP contribution in [0.2, 0.25) is 0 Å². The number of amides is 3. The maximum atomic E-state index is 13.3. The lowest BCUT2D eigenvalue weighted by molar-refractivity contribution is -0.121. The number of carbonyl (C=O) groups excluding carboxylic acids is 4. The van der Waals surface area contributed by atoms with Crippen LogP contribution in [-0.2, 0) is 9.53 Å². The van der Waals surface area contributed by atoms with E-state index in [2.05, 4.69) is 10.3 Å². The predicted molar refractivity (Wildman–Crippen MR) is 124 cm³/mol. The highest BCUT2D eigenvalue weighted by atomic mass is 32.1. The zero-order valence-corrected chi connectivity index (χ0v) is 19.3. The van der Waals surface area contributed by atoms with Crippen molar-refractivity contribution in [2.24, 2.45) is 5.92 Å². The number of esters is 1. The van der Waals surface area contributed by atoms with E-state index in [4.69, 9.17) is 4.74 Å². The number of ether oxygens (including phenoxy) is 1. The van der Waals surface area contributed by atoms with Gasteiger partial charge in [0.15, 0.2) is 5.13 Å². The molecule has 2 unspecified atom stereocenters. The SMILES string of the molecule is CCOC(=O)c1ccc2nc(NC(=O)C(C(C)CC)N3C(=O)c4ccccc4C3=O)sc2c1. The number of fused-ring (bicyclic) bond motifs is 2. The van der Waals surface area contributed by atoms with Gasteiger partial charge >= 0.3 is 5.97 Å². The Morgan fingerprint density at radius 3 is 2.36 bits per heavy atom. The van der Waals surface area contributed by atoms with Crippen LogP contribution in [0.15, 0.2) is 42.5 Å². The Hall–Kier alpha value is -3.59. The normalized spacial score (nSPS) is 14.8. The number of benzene rings is 2. The molecule has 1 N–H and O–H groups in total. The number of hydrogen-bond donors (Lipinski definition) is 1. The van der Waals surface area contributed by atoms with Gasteiger partial charge in [-0.25, -0.2) is 9.78 Å². The summed E-state index contributed by atoms with van der Waals surface area (Å²) in [6.07, 6.45) is 0.592. The zero-order chi connectivity index (χ0) is 23.7. The standard InChI is InChI=1S/C24H23N3O5S/c1-4-13(3)19(27-21(29)15-8-6-7-9-16(15)22(27)30)20(28)26-24-25-17-11-10-14(12-18(17)33-24)23(31)32-5-2/h6-13,19H,4-5H2,1-3H3,(H,25,26,28). The van der Waals surface area contributed by atoms with Crippen molar-refractivity contribution in [3.63, 3.8) is 0 Å². The van der Waals surface area contributed by atoms with Gasteiger partial charge in [-0.2, -0.15) is 0 Å². The number of aromatic nitrogens is 1. The molecular weight excluding hydrogens is 442 g/mol. The van der Waals surface area contributed by atoms with Gasteiger partial charge in [0.1, 0.15) is 6.04 Å². The number of carbonyl (C=O) groups is 4. The maximum absolute atomic E-state index is 13.3. The third-order valence-electron chi connectivity index (χ3n) is 5.68. The lowest BCUT2D eigenvalue weighted by Gasteiger charge is -2.29. The summed E-state index contributed by atoms with van der Waals surface area (Å²) in [6, 6.07) is 10.6. The molecule has 1 aromatic heterocycles. The minimum Gasteiger partial charge on any atom is -0.462 e. The second-order valence-corrected chi connectivity index (χ2v) is 8.80. The van der Waals surface area contributed by atoms with Crippen molar-refractivity contribution in [1.29, 1.82) is 0 Å². The molecule has 3 amide bonds. The van der Waals surface area contributed by atoms with Crippen molar-refractivity contribution in [1.82, 2.24) is 9.88 Å². The molecule has 0 aliphatic carbocycles. The third-order valence-corrected chi connectivity index (χ3v) is 6.62. The van der Waals surface area contributed by atoms with Crippen molar-refractivity contribution < 1.29 is 23.9 Å². The smallest absolute Gasteiger partial charge is 0.338 e. The van der Waals surface area contributed by atoms with Gasteiger partial charge in [-0.1, -0.05) is 43.7 Å². The van der Waals surface area contributed by atoms with E-state index in [1.54, 1.807) is 49.4 Å². The van der Waals surface area contributed by atoms with E-state index in [1.807, 2.05) is 13.8 Å². The summed E-state index contributed by atoms with van der Waals surface area (Å²) >= 11 is 1.20. The molecule has 4 rings (SSSR count). The monoisotopic (exact) mass is 465 g/mol. The van der Waals surface area contributed by atoms with E-state index in [0.29, 0.717) is 38.5 Å². The van der Waals surface area contributed by atoms with Crippen LogP contribution in [0, 0.1) is 5.92 Å². The second kappa shape index (κ2) is 9.11. The Kier molecular flexibility index (Phi) is 6.24. The first-order chi connectivity index (χ1) is 15.8. The first-order valence-corrected chi connectivity index (χ1v) is 11.5. The summed E-state index contributed by atoms with van der Waals surface area (Å²) < 4.78 is 5.73. The maximum Gasteiger partial charge on any atom is 0.338 e. The van der Waals surface area contributed by atoms with Crippen molar-refractivity contribution in [3.8, 4) is 0 Å². The average Bonchev–Trinajstić information content (AvgIpc) is 3.32. The van der Waals surface area contributed by atoms with E-state index in [9.17, 15) is 19.2 Å². The molecule has 1 aliphatic rings. The summed E-state index contributed by atoms with van der Waals surface area (Å²) in [7, 11) is 0. The summed E-state index contributed by atoms with van der Waals surface area (Å²) in [5, 5.41) is 3.09. The van der Waals surface area contributed by atoms with E-state index < -0.39 is 29.7 Å². The summed E-state index contributed by atoms with van der Waals surface area (Å²) in [5.41, 5.74) is 1.61. The fraction of sp³-hybridized carbons (Fsp3) is 0.292. The molecule has 2 heterocycles. The van der Waals surface area contributed by atoms with Gasteiger partial charge in [0.25, 0.3) is 11.8 Å². The fourth-order valence-electron chi connectivity index (χ4n) is 3.81. The predicted octanol–water partition coefficient (Wildman–Crippen LogP) is 4.12.